The Hall–Kier alpha value is -0.0800. The summed E-state index contributed by atoms with van der Waals surface area (Å²) in [6.07, 6.45) is 2.88. The Morgan fingerprint density at radius 1 is 1.60 bits per heavy atom. The second kappa shape index (κ2) is 2.89. The number of aliphatic hydroxyl groups is 1. The summed E-state index contributed by atoms with van der Waals surface area (Å²) in [5.41, 5.74) is -0.308. The van der Waals surface area contributed by atoms with Gasteiger partial charge in [0.2, 0.25) is 0 Å². The Balaban J connectivity index is 2.11. The molecule has 60 valence electrons. The third kappa shape index (κ3) is 2.27. The van der Waals surface area contributed by atoms with Crippen molar-refractivity contribution in [3.05, 3.63) is 0 Å². The lowest BCUT2D eigenvalue weighted by molar-refractivity contribution is 0.0862. The molecule has 0 heterocycles. The van der Waals surface area contributed by atoms with E-state index < -0.39 is 0 Å². The molecule has 1 aliphatic carbocycles. The first-order chi connectivity index (χ1) is 4.66. The van der Waals surface area contributed by atoms with Gasteiger partial charge in [0.25, 0.3) is 0 Å². The highest BCUT2D eigenvalue weighted by atomic mass is 16.5. The highest BCUT2D eigenvalue weighted by Crippen LogP contribution is 2.40. The summed E-state index contributed by atoms with van der Waals surface area (Å²) in [5.74, 6) is 0.498. The van der Waals surface area contributed by atoms with E-state index in [4.69, 9.17) is 4.74 Å². The predicted octanol–water partition coefficient (Wildman–Crippen LogP) is 1.18. The van der Waals surface area contributed by atoms with Gasteiger partial charge in [-0.1, -0.05) is 6.92 Å². The summed E-state index contributed by atoms with van der Waals surface area (Å²) in [6.45, 7) is 2.88. The molecule has 0 radical (unpaired) electrons. The van der Waals surface area contributed by atoms with Crippen LogP contribution in [0.1, 0.15) is 26.2 Å². The zero-order valence-corrected chi connectivity index (χ0v) is 6.76. The van der Waals surface area contributed by atoms with Crippen LogP contribution in [0.2, 0.25) is 0 Å². The van der Waals surface area contributed by atoms with Gasteiger partial charge in [0.15, 0.2) is 0 Å². The number of ether oxygens (including phenoxy) is 1. The first-order valence-electron chi connectivity index (χ1n) is 3.88. The van der Waals surface area contributed by atoms with Gasteiger partial charge in [-0.15, -0.1) is 0 Å². The summed E-state index contributed by atoms with van der Waals surface area (Å²) in [5, 5.41) is 9.47. The van der Waals surface area contributed by atoms with E-state index >= 15 is 0 Å². The van der Waals surface area contributed by atoms with Gasteiger partial charge in [-0.05, 0) is 25.2 Å². The van der Waals surface area contributed by atoms with Gasteiger partial charge < -0.3 is 9.84 Å². The quantitative estimate of drug-likeness (QED) is 0.642. The zero-order valence-electron chi connectivity index (χ0n) is 6.76. The van der Waals surface area contributed by atoms with Crippen LogP contribution in [0.5, 0.6) is 0 Å². The third-order valence-corrected chi connectivity index (χ3v) is 2.01. The molecule has 1 aliphatic rings. The van der Waals surface area contributed by atoms with Gasteiger partial charge in [-0.25, -0.2) is 0 Å². The Bertz CT molecular complexity index is 108. The van der Waals surface area contributed by atoms with Crippen LogP contribution in [0.3, 0.4) is 0 Å². The molecule has 0 spiro atoms. The summed E-state index contributed by atoms with van der Waals surface area (Å²) < 4.78 is 4.97. The van der Waals surface area contributed by atoms with Crippen LogP contribution < -0.4 is 0 Å². The molecular formula is C8H16O2. The molecule has 0 amide bonds. The van der Waals surface area contributed by atoms with Crippen LogP contribution in [0.25, 0.3) is 0 Å². The largest absolute Gasteiger partial charge is 0.390 e. The molecule has 1 rings (SSSR count). The molecule has 2 heteroatoms. The number of methoxy groups -OCH3 is 1. The van der Waals surface area contributed by atoms with E-state index in [9.17, 15) is 5.11 Å². The van der Waals surface area contributed by atoms with Crippen molar-refractivity contribution < 1.29 is 9.84 Å². The number of hydrogen-bond acceptors (Lipinski definition) is 2. The topological polar surface area (TPSA) is 29.5 Å². The average Bonchev–Trinajstić information content (AvgIpc) is 2.48. The maximum Gasteiger partial charge on any atom is 0.0653 e. The average molecular weight is 144 g/mol. The van der Waals surface area contributed by atoms with Gasteiger partial charge >= 0.3 is 0 Å². The van der Waals surface area contributed by atoms with Gasteiger partial charge in [-0.2, -0.15) is 0 Å². The normalized spacial score (nSPS) is 24.3. The maximum absolute atomic E-state index is 9.47. The minimum Gasteiger partial charge on any atom is -0.390 e. The van der Waals surface area contributed by atoms with Crippen LogP contribution in [0.4, 0.5) is 0 Å². The molecule has 0 aliphatic heterocycles. The molecule has 1 unspecified atom stereocenters. The fourth-order valence-electron chi connectivity index (χ4n) is 1.34. The minimum atomic E-state index is -0.308. The smallest absolute Gasteiger partial charge is 0.0653 e. The van der Waals surface area contributed by atoms with Gasteiger partial charge in [0, 0.05) is 13.7 Å². The Labute approximate surface area is 62.2 Å². The van der Waals surface area contributed by atoms with Crippen molar-refractivity contribution in [1.82, 2.24) is 0 Å². The van der Waals surface area contributed by atoms with Crippen molar-refractivity contribution in [3.63, 3.8) is 0 Å². The molecule has 1 atom stereocenters. The van der Waals surface area contributed by atoms with E-state index in [0.29, 0.717) is 5.92 Å². The first-order valence-corrected chi connectivity index (χ1v) is 3.88. The van der Waals surface area contributed by atoms with Crippen LogP contribution >= 0.6 is 0 Å². The van der Waals surface area contributed by atoms with E-state index in [1.807, 2.05) is 0 Å². The van der Waals surface area contributed by atoms with E-state index in [2.05, 4.69) is 6.92 Å². The molecule has 10 heavy (non-hydrogen) atoms. The molecule has 1 fully saturated rings. The van der Waals surface area contributed by atoms with Crippen molar-refractivity contribution in [2.24, 2.45) is 5.92 Å². The molecule has 0 bridgehead atoms. The van der Waals surface area contributed by atoms with E-state index in [0.717, 1.165) is 25.9 Å². The molecule has 0 saturated heterocycles. The first kappa shape index (κ1) is 8.02. The van der Waals surface area contributed by atoms with E-state index in [-0.39, 0.29) is 5.60 Å². The van der Waals surface area contributed by atoms with Crippen molar-refractivity contribution in [3.8, 4) is 0 Å². The molecule has 1 N–H and O–H groups in total. The maximum atomic E-state index is 9.47. The molecule has 0 aromatic carbocycles. The van der Waals surface area contributed by atoms with Crippen LogP contribution in [0.15, 0.2) is 0 Å². The zero-order chi connectivity index (χ0) is 7.61. The standard InChI is InChI=1S/C8H16O2/c1-7(6-10-2)5-8(9)3-4-8/h7,9H,3-6H2,1-2H3. The summed E-state index contributed by atoms with van der Waals surface area (Å²) in [4.78, 5) is 0. The summed E-state index contributed by atoms with van der Waals surface area (Å²) >= 11 is 0. The number of rotatable bonds is 4. The number of hydrogen-bond donors (Lipinski definition) is 1. The fourth-order valence-corrected chi connectivity index (χ4v) is 1.34. The highest BCUT2D eigenvalue weighted by molar-refractivity contribution is 4.94. The Kier molecular flexibility index (Phi) is 2.32. The van der Waals surface area contributed by atoms with Gasteiger partial charge in [0.1, 0.15) is 0 Å². The van der Waals surface area contributed by atoms with Crippen molar-refractivity contribution in [1.29, 1.82) is 0 Å². The summed E-state index contributed by atoms with van der Waals surface area (Å²) in [6, 6.07) is 0. The molecule has 2 nitrogen and oxygen atoms in total. The lowest BCUT2D eigenvalue weighted by Gasteiger charge is -2.13. The van der Waals surface area contributed by atoms with E-state index in [1.54, 1.807) is 7.11 Å². The van der Waals surface area contributed by atoms with Crippen LogP contribution in [-0.2, 0) is 4.74 Å². The van der Waals surface area contributed by atoms with Crippen LogP contribution in [0, 0.1) is 5.92 Å². The van der Waals surface area contributed by atoms with Gasteiger partial charge in [-0.3, -0.25) is 0 Å². The van der Waals surface area contributed by atoms with Crippen molar-refractivity contribution in [2.75, 3.05) is 13.7 Å². The van der Waals surface area contributed by atoms with Crippen molar-refractivity contribution >= 4 is 0 Å². The SMILES string of the molecule is COCC(C)CC1(O)CC1. The minimum absolute atomic E-state index is 0.308. The second-order valence-corrected chi connectivity index (χ2v) is 3.49. The fraction of sp³-hybridized carbons (Fsp3) is 1.00. The molecule has 0 aromatic rings. The Morgan fingerprint density at radius 3 is 2.60 bits per heavy atom. The van der Waals surface area contributed by atoms with Crippen molar-refractivity contribution in [2.45, 2.75) is 31.8 Å². The highest BCUT2D eigenvalue weighted by Gasteiger charge is 2.40. The molecule has 0 aromatic heterocycles. The monoisotopic (exact) mass is 144 g/mol. The van der Waals surface area contributed by atoms with E-state index in [1.165, 1.54) is 0 Å². The lowest BCUT2D eigenvalue weighted by Crippen LogP contribution is -2.15. The summed E-state index contributed by atoms with van der Waals surface area (Å²) in [7, 11) is 1.70. The predicted molar refractivity (Wildman–Crippen MR) is 39.8 cm³/mol. The molecule has 1 saturated carbocycles. The lowest BCUT2D eigenvalue weighted by atomic mass is 10.0. The van der Waals surface area contributed by atoms with Crippen LogP contribution in [-0.4, -0.2) is 24.4 Å². The third-order valence-electron chi connectivity index (χ3n) is 2.01. The Morgan fingerprint density at radius 2 is 2.20 bits per heavy atom. The van der Waals surface area contributed by atoms with Gasteiger partial charge in [0.05, 0.1) is 5.60 Å². The molecular weight excluding hydrogens is 128 g/mol. The second-order valence-electron chi connectivity index (χ2n) is 3.49.